The fourth-order valence-corrected chi connectivity index (χ4v) is 2.67. The fraction of sp³-hybridized carbons (Fsp3) is 0.500. The van der Waals surface area contributed by atoms with Crippen LogP contribution in [-0.2, 0) is 20.7 Å². The van der Waals surface area contributed by atoms with Gasteiger partial charge in [-0.15, -0.1) is 0 Å². The molecule has 0 spiro atoms. The molecular formula is C16H21NO4. The van der Waals surface area contributed by atoms with Crippen LogP contribution in [0.2, 0.25) is 0 Å². The first-order valence-corrected chi connectivity index (χ1v) is 7.04. The van der Waals surface area contributed by atoms with Crippen LogP contribution in [0.5, 0.6) is 5.75 Å². The minimum absolute atomic E-state index is 0.0188. The van der Waals surface area contributed by atoms with Crippen molar-refractivity contribution in [2.75, 3.05) is 27.3 Å². The fourth-order valence-electron chi connectivity index (χ4n) is 2.67. The van der Waals surface area contributed by atoms with Crippen LogP contribution >= 0.6 is 0 Å². The summed E-state index contributed by atoms with van der Waals surface area (Å²) < 4.78 is 10.0. The van der Waals surface area contributed by atoms with E-state index in [1.165, 1.54) is 7.11 Å². The molecule has 1 atom stereocenters. The average Bonchev–Trinajstić information content (AvgIpc) is 2.96. The molecule has 0 N–H and O–H groups in total. The molecule has 1 aromatic carbocycles. The number of likely N-dealkylation sites (tertiary alicyclic amines) is 1. The van der Waals surface area contributed by atoms with Crippen molar-refractivity contribution < 1.29 is 19.1 Å². The second-order valence-electron chi connectivity index (χ2n) is 5.34. The summed E-state index contributed by atoms with van der Waals surface area (Å²) in [5.74, 6) is 0.305. The van der Waals surface area contributed by atoms with Crippen LogP contribution in [-0.4, -0.2) is 44.1 Å². The summed E-state index contributed by atoms with van der Waals surface area (Å²) in [7, 11) is 2.98. The van der Waals surface area contributed by atoms with Gasteiger partial charge in [-0.05, 0) is 19.4 Å². The summed E-state index contributed by atoms with van der Waals surface area (Å²) in [6, 6.07) is 5.79. The highest BCUT2D eigenvalue weighted by Crippen LogP contribution is 2.23. The quantitative estimate of drug-likeness (QED) is 0.790. The summed E-state index contributed by atoms with van der Waals surface area (Å²) in [5.41, 5.74) is 1.97. The van der Waals surface area contributed by atoms with E-state index in [0.29, 0.717) is 25.9 Å². The van der Waals surface area contributed by atoms with Crippen molar-refractivity contribution in [1.82, 2.24) is 4.90 Å². The minimum Gasteiger partial charge on any atom is -0.496 e. The van der Waals surface area contributed by atoms with Crippen molar-refractivity contribution in [2.24, 2.45) is 5.92 Å². The van der Waals surface area contributed by atoms with Gasteiger partial charge in [0, 0.05) is 18.7 Å². The number of carbonyl (C=O) groups is 2. The van der Waals surface area contributed by atoms with E-state index >= 15 is 0 Å². The Hall–Kier alpha value is -2.04. The molecule has 2 rings (SSSR count). The number of amides is 1. The number of aryl methyl sites for hydroxylation is 1. The standard InChI is InChI=1S/C16H21NO4/c1-11-4-5-14(20-2)13(8-11)9-15(18)17-7-6-12(10-17)16(19)21-3/h4-5,8,12H,6-7,9-10H2,1-3H3. The van der Waals surface area contributed by atoms with Gasteiger partial charge in [0.05, 0.1) is 26.6 Å². The predicted octanol–water partition coefficient (Wildman–Crippen LogP) is 1.57. The Bertz CT molecular complexity index is 541. The van der Waals surface area contributed by atoms with Crippen LogP contribution in [0.4, 0.5) is 0 Å². The average molecular weight is 291 g/mol. The summed E-state index contributed by atoms with van der Waals surface area (Å²) in [6.07, 6.45) is 0.960. The number of methoxy groups -OCH3 is 2. The SMILES string of the molecule is COC(=O)C1CCN(C(=O)Cc2cc(C)ccc2OC)C1. The highest BCUT2D eigenvalue weighted by molar-refractivity contribution is 5.81. The van der Waals surface area contributed by atoms with Crippen molar-refractivity contribution in [3.05, 3.63) is 29.3 Å². The Morgan fingerprint density at radius 3 is 2.76 bits per heavy atom. The molecule has 0 aromatic heterocycles. The molecule has 1 heterocycles. The van der Waals surface area contributed by atoms with Crippen LogP contribution < -0.4 is 4.74 Å². The van der Waals surface area contributed by atoms with Gasteiger partial charge in [-0.3, -0.25) is 9.59 Å². The lowest BCUT2D eigenvalue weighted by molar-refractivity contribution is -0.145. The zero-order valence-electron chi connectivity index (χ0n) is 12.7. The van der Waals surface area contributed by atoms with Crippen LogP contribution in [0, 0.1) is 12.8 Å². The molecule has 114 valence electrons. The van der Waals surface area contributed by atoms with Crippen LogP contribution in [0.25, 0.3) is 0 Å². The van der Waals surface area contributed by atoms with Gasteiger partial charge in [0.25, 0.3) is 0 Å². The lowest BCUT2D eigenvalue weighted by Gasteiger charge is -2.17. The number of rotatable bonds is 4. The molecule has 1 aliphatic heterocycles. The molecule has 1 amide bonds. The first-order valence-electron chi connectivity index (χ1n) is 7.04. The zero-order valence-corrected chi connectivity index (χ0v) is 12.7. The van der Waals surface area contributed by atoms with E-state index in [4.69, 9.17) is 9.47 Å². The van der Waals surface area contributed by atoms with E-state index in [0.717, 1.165) is 16.9 Å². The smallest absolute Gasteiger partial charge is 0.310 e. The van der Waals surface area contributed by atoms with Crippen LogP contribution in [0.1, 0.15) is 17.5 Å². The largest absolute Gasteiger partial charge is 0.496 e. The Morgan fingerprint density at radius 2 is 2.10 bits per heavy atom. The van der Waals surface area contributed by atoms with Gasteiger partial charge >= 0.3 is 5.97 Å². The molecule has 1 saturated heterocycles. The van der Waals surface area contributed by atoms with Crippen LogP contribution in [0.15, 0.2) is 18.2 Å². The Balaban J connectivity index is 2.03. The van der Waals surface area contributed by atoms with E-state index in [1.54, 1.807) is 12.0 Å². The molecule has 5 nitrogen and oxygen atoms in total. The maximum Gasteiger partial charge on any atom is 0.310 e. The van der Waals surface area contributed by atoms with Crippen molar-refractivity contribution in [1.29, 1.82) is 0 Å². The maximum atomic E-state index is 12.4. The number of hydrogen-bond acceptors (Lipinski definition) is 4. The monoisotopic (exact) mass is 291 g/mol. The molecule has 0 aliphatic carbocycles. The molecule has 1 aromatic rings. The summed E-state index contributed by atoms with van der Waals surface area (Å²) in [6.45, 7) is 3.03. The molecule has 0 bridgehead atoms. The molecule has 1 fully saturated rings. The molecule has 1 aliphatic rings. The topological polar surface area (TPSA) is 55.8 Å². The third-order valence-corrected chi connectivity index (χ3v) is 3.85. The predicted molar refractivity (Wildman–Crippen MR) is 78.1 cm³/mol. The van der Waals surface area contributed by atoms with Crippen molar-refractivity contribution in [2.45, 2.75) is 19.8 Å². The highest BCUT2D eigenvalue weighted by atomic mass is 16.5. The van der Waals surface area contributed by atoms with Gasteiger partial charge < -0.3 is 14.4 Å². The van der Waals surface area contributed by atoms with Crippen molar-refractivity contribution in [3.8, 4) is 5.75 Å². The Labute approximate surface area is 124 Å². The number of esters is 1. The number of carbonyl (C=O) groups excluding carboxylic acids is 2. The molecule has 0 radical (unpaired) electrons. The lowest BCUT2D eigenvalue weighted by Crippen LogP contribution is -2.31. The van der Waals surface area contributed by atoms with Gasteiger partial charge in [-0.1, -0.05) is 17.7 Å². The minimum atomic E-state index is -0.238. The first-order chi connectivity index (χ1) is 10.0. The number of ether oxygens (including phenoxy) is 2. The second-order valence-corrected chi connectivity index (χ2v) is 5.34. The van der Waals surface area contributed by atoms with Gasteiger partial charge in [-0.25, -0.2) is 0 Å². The second kappa shape index (κ2) is 6.61. The van der Waals surface area contributed by atoms with E-state index in [9.17, 15) is 9.59 Å². The van der Waals surface area contributed by atoms with Gasteiger partial charge in [-0.2, -0.15) is 0 Å². The molecular weight excluding hydrogens is 270 g/mol. The van der Waals surface area contributed by atoms with Gasteiger partial charge in [0.15, 0.2) is 0 Å². The normalized spacial score (nSPS) is 17.7. The third-order valence-electron chi connectivity index (χ3n) is 3.85. The maximum absolute atomic E-state index is 12.4. The van der Waals surface area contributed by atoms with Crippen molar-refractivity contribution >= 4 is 11.9 Å². The first kappa shape index (κ1) is 15.4. The lowest BCUT2D eigenvalue weighted by atomic mass is 10.1. The van der Waals surface area contributed by atoms with Crippen molar-refractivity contribution in [3.63, 3.8) is 0 Å². The molecule has 0 saturated carbocycles. The van der Waals surface area contributed by atoms with E-state index in [2.05, 4.69) is 0 Å². The van der Waals surface area contributed by atoms with E-state index in [1.807, 2.05) is 25.1 Å². The number of benzene rings is 1. The van der Waals surface area contributed by atoms with E-state index in [-0.39, 0.29) is 17.8 Å². The molecule has 5 heteroatoms. The summed E-state index contributed by atoms with van der Waals surface area (Å²) in [5, 5.41) is 0. The number of hydrogen-bond donors (Lipinski definition) is 0. The molecule has 21 heavy (non-hydrogen) atoms. The summed E-state index contributed by atoms with van der Waals surface area (Å²) in [4.78, 5) is 25.6. The molecule has 1 unspecified atom stereocenters. The zero-order chi connectivity index (χ0) is 15.4. The Morgan fingerprint density at radius 1 is 1.33 bits per heavy atom. The van der Waals surface area contributed by atoms with Crippen LogP contribution in [0.3, 0.4) is 0 Å². The van der Waals surface area contributed by atoms with E-state index < -0.39 is 0 Å². The van der Waals surface area contributed by atoms with Gasteiger partial charge in [0.2, 0.25) is 5.91 Å². The Kier molecular flexibility index (Phi) is 4.83. The van der Waals surface area contributed by atoms with Gasteiger partial charge in [0.1, 0.15) is 5.75 Å². The highest BCUT2D eigenvalue weighted by Gasteiger charge is 2.31. The number of nitrogens with zero attached hydrogens (tertiary/aromatic N) is 1. The third kappa shape index (κ3) is 3.54. The summed E-state index contributed by atoms with van der Waals surface area (Å²) >= 11 is 0.